The maximum atomic E-state index is 13.1. The van der Waals surface area contributed by atoms with Crippen molar-refractivity contribution in [3.63, 3.8) is 0 Å². The van der Waals surface area contributed by atoms with Crippen molar-refractivity contribution in [3.8, 4) is 0 Å². The monoisotopic (exact) mass is 321 g/mol. The first kappa shape index (κ1) is 16.5. The molecule has 0 spiro atoms. The van der Waals surface area contributed by atoms with Crippen LogP contribution in [0.1, 0.15) is 50.1 Å². The quantitative estimate of drug-likeness (QED) is 0.907. The predicted octanol–water partition coefficient (Wildman–Crippen LogP) is 4.04. The summed E-state index contributed by atoms with van der Waals surface area (Å²) in [6, 6.07) is 0.148. The number of rotatable bonds is 4. The average molecular weight is 321 g/mol. The van der Waals surface area contributed by atoms with Crippen molar-refractivity contribution >= 4 is 16.5 Å². The van der Waals surface area contributed by atoms with Gasteiger partial charge in [-0.15, -0.1) is 0 Å². The van der Waals surface area contributed by atoms with Crippen LogP contribution in [0.2, 0.25) is 0 Å². The van der Waals surface area contributed by atoms with Gasteiger partial charge in [0, 0.05) is 25.7 Å². The van der Waals surface area contributed by atoms with Crippen molar-refractivity contribution in [2.24, 2.45) is 0 Å². The zero-order valence-corrected chi connectivity index (χ0v) is 13.3. The lowest BCUT2D eigenvalue weighted by Crippen LogP contribution is -2.24. The molecule has 0 aliphatic carbocycles. The molecule has 1 aromatic rings. The van der Waals surface area contributed by atoms with Crippen LogP contribution >= 0.6 is 11.3 Å². The van der Waals surface area contributed by atoms with Crippen LogP contribution < -0.4 is 10.2 Å². The second-order valence-corrected chi connectivity index (χ2v) is 6.76. The number of hydrogen-bond donors (Lipinski definition) is 1. The normalized spacial score (nSPS) is 17.3. The van der Waals surface area contributed by atoms with Gasteiger partial charge in [0.1, 0.15) is 0 Å². The zero-order chi connectivity index (χ0) is 15.5. The van der Waals surface area contributed by atoms with E-state index < -0.39 is 11.9 Å². The molecule has 7 heteroatoms. The Labute approximate surface area is 127 Å². The molecule has 2 heterocycles. The summed E-state index contributed by atoms with van der Waals surface area (Å²) in [6.07, 6.45) is -0.0266. The second kappa shape index (κ2) is 6.96. The molecule has 0 bridgehead atoms. The summed E-state index contributed by atoms with van der Waals surface area (Å²) in [5.74, 6) is 0. The van der Waals surface area contributed by atoms with Gasteiger partial charge in [-0.3, -0.25) is 0 Å². The van der Waals surface area contributed by atoms with E-state index in [2.05, 4.69) is 10.3 Å². The number of halogens is 3. The summed E-state index contributed by atoms with van der Waals surface area (Å²) in [4.78, 5) is 6.20. The first-order valence-electron chi connectivity index (χ1n) is 7.43. The second-order valence-electron chi connectivity index (χ2n) is 5.70. The highest BCUT2D eigenvalue weighted by Gasteiger charge is 2.38. The van der Waals surface area contributed by atoms with Crippen LogP contribution in [0.5, 0.6) is 0 Å². The number of thiazole rings is 1. The van der Waals surface area contributed by atoms with Gasteiger partial charge >= 0.3 is 6.18 Å². The molecule has 1 aliphatic heterocycles. The smallest absolute Gasteiger partial charge is 0.348 e. The minimum atomic E-state index is -4.38. The van der Waals surface area contributed by atoms with Gasteiger partial charge < -0.3 is 10.2 Å². The molecule has 2 rings (SSSR count). The van der Waals surface area contributed by atoms with E-state index in [1.165, 1.54) is 11.3 Å². The topological polar surface area (TPSA) is 28.2 Å². The van der Waals surface area contributed by atoms with Crippen LogP contribution in [0.15, 0.2) is 0 Å². The Morgan fingerprint density at radius 3 is 2.33 bits per heavy atom. The lowest BCUT2D eigenvalue weighted by atomic mass is 10.2. The highest BCUT2D eigenvalue weighted by atomic mass is 32.1. The molecule has 21 heavy (non-hydrogen) atoms. The van der Waals surface area contributed by atoms with Crippen LogP contribution in [0.3, 0.4) is 0 Å². The molecular weight excluding hydrogens is 299 g/mol. The third-order valence-electron chi connectivity index (χ3n) is 3.50. The summed E-state index contributed by atoms with van der Waals surface area (Å²) in [6.45, 7) is 5.68. The largest absolute Gasteiger partial charge is 0.434 e. The van der Waals surface area contributed by atoms with E-state index in [1.54, 1.807) is 0 Å². The molecule has 1 aliphatic rings. The van der Waals surface area contributed by atoms with E-state index in [9.17, 15) is 13.2 Å². The molecule has 0 atom stereocenters. The van der Waals surface area contributed by atoms with E-state index in [-0.39, 0.29) is 17.5 Å². The Bertz CT molecular complexity index is 449. The zero-order valence-electron chi connectivity index (χ0n) is 12.5. The lowest BCUT2D eigenvalue weighted by Gasteiger charge is -2.18. The highest BCUT2D eigenvalue weighted by molar-refractivity contribution is 7.15. The van der Waals surface area contributed by atoms with Crippen LogP contribution in [-0.2, 0) is 12.7 Å². The molecule has 0 radical (unpaired) electrons. The van der Waals surface area contributed by atoms with Gasteiger partial charge in [-0.2, -0.15) is 13.2 Å². The van der Waals surface area contributed by atoms with Crippen molar-refractivity contribution in [1.29, 1.82) is 0 Å². The lowest BCUT2D eigenvalue weighted by molar-refractivity contribution is -0.141. The van der Waals surface area contributed by atoms with Crippen LogP contribution in [0, 0.1) is 0 Å². The average Bonchev–Trinajstić information content (AvgIpc) is 2.64. The van der Waals surface area contributed by atoms with Crippen LogP contribution in [0.4, 0.5) is 18.3 Å². The van der Waals surface area contributed by atoms with Crippen molar-refractivity contribution in [2.45, 2.75) is 58.3 Å². The van der Waals surface area contributed by atoms with Gasteiger partial charge in [-0.05, 0) is 12.8 Å². The minimum Gasteiger partial charge on any atom is -0.348 e. The molecule has 1 fully saturated rings. The summed E-state index contributed by atoms with van der Waals surface area (Å²) in [7, 11) is 0. The van der Waals surface area contributed by atoms with Gasteiger partial charge in [0.05, 0.1) is 4.88 Å². The maximum absolute atomic E-state index is 13.1. The summed E-state index contributed by atoms with van der Waals surface area (Å²) >= 11 is 1.18. The van der Waals surface area contributed by atoms with E-state index in [0.717, 1.165) is 38.8 Å². The first-order chi connectivity index (χ1) is 9.88. The van der Waals surface area contributed by atoms with Gasteiger partial charge in [0.2, 0.25) is 0 Å². The summed E-state index contributed by atoms with van der Waals surface area (Å²) in [5, 5.41) is 3.57. The standard InChI is InChI=1S/C14H22F3N3S/c1-10(2)18-9-11-12(14(15,16)17)19-13(21-11)20-7-5-3-4-6-8-20/h10,18H,3-9H2,1-2H3. The molecule has 3 nitrogen and oxygen atoms in total. The Morgan fingerprint density at radius 2 is 1.81 bits per heavy atom. The summed E-state index contributed by atoms with van der Waals surface area (Å²) in [5.41, 5.74) is -0.722. The molecule has 0 amide bonds. The van der Waals surface area contributed by atoms with Crippen molar-refractivity contribution < 1.29 is 13.2 Å². The Hall–Kier alpha value is -0.820. The van der Waals surface area contributed by atoms with Gasteiger partial charge in [-0.1, -0.05) is 38.0 Å². The third-order valence-corrected chi connectivity index (χ3v) is 4.62. The van der Waals surface area contributed by atoms with Crippen molar-refractivity contribution in [2.75, 3.05) is 18.0 Å². The van der Waals surface area contributed by atoms with E-state index >= 15 is 0 Å². The minimum absolute atomic E-state index is 0.148. The fraction of sp³-hybridized carbons (Fsp3) is 0.786. The third kappa shape index (κ3) is 4.57. The molecule has 0 unspecified atom stereocenters. The first-order valence-corrected chi connectivity index (χ1v) is 8.25. The number of alkyl halides is 3. The molecule has 0 saturated carbocycles. The molecule has 1 aromatic heterocycles. The Morgan fingerprint density at radius 1 is 1.19 bits per heavy atom. The SMILES string of the molecule is CC(C)NCc1sc(N2CCCCCC2)nc1C(F)(F)F. The number of anilines is 1. The van der Waals surface area contributed by atoms with Gasteiger partial charge in [0.15, 0.2) is 10.8 Å². The number of hydrogen-bond acceptors (Lipinski definition) is 4. The molecule has 1 N–H and O–H groups in total. The van der Waals surface area contributed by atoms with Crippen LogP contribution in [0.25, 0.3) is 0 Å². The highest BCUT2D eigenvalue weighted by Crippen LogP contribution is 2.37. The Balaban J connectivity index is 2.22. The molecular formula is C14H22F3N3S. The fourth-order valence-electron chi connectivity index (χ4n) is 2.37. The van der Waals surface area contributed by atoms with Crippen molar-refractivity contribution in [3.05, 3.63) is 10.6 Å². The predicted molar refractivity (Wildman–Crippen MR) is 79.8 cm³/mol. The number of nitrogens with one attached hydrogen (secondary N) is 1. The molecule has 0 aromatic carbocycles. The van der Waals surface area contributed by atoms with Crippen LogP contribution in [-0.4, -0.2) is 24.1 Å². The van der Waals surface area contributed by atoms with E-state index in [1.807, 2.05) is 18.7 Å². The van der Waals surface area contributed by atoms with Gasteiger partial charge in [-0.25, -0.2) is 4.98 Å². The molecule has 120 valence electrons. The summed E-state index contributed by atoms with van der Waals surface area (Å²) < 4.78 is 39.4. The van der Waals surface area contributed by atoms with E-state index in [4.69, 9.17) is 0 Å². The number of aromatic nitrogens is 1. The molecule has 1 saturated heterocycles. The maximum Gasteiger partial charge on any atom is 0.434 e. The van der Waals surface area contributed by atoms with Crippen molar-refractivity contribution in [1.82, 2.24) is 10.3 Å². The Kier molecular flexibility index (Phi) is 5.48. The number of nitrogens with zero attached hydrogens (tertiary/aromatic N) is 2. The van der Waals surface area contributed by atoms with E-state index in [0.29, 0.717) is 5.13 Å². The fourth-order valence-corrected chi connectivity index (χ4v) is 3.46. The van der Waals surface area contributed by atoms with Gasteiger partial charge in [0.25, 0.3) is 0 Å².